The van der Waals surface area contributed by atoms with Crippen LogP contribution in [0.4, 0.5) is 0 Å². The molecular weight excluding hydrogens is 184 g/mol. The van der Waals surface area contributed by atoms with Gasteiger partial charge in [-0.1, -0.05) is 24.3 Å². The highest BCUT2D eigenvalue weighted by molar-refractivity contribution is 5.33. The summed E-state index contributed by atoms with van der Waals surface area (Å²) in [5, 5.41) is 12.1. The van der Waals surface area contributed by atoms with E-state index in [1.165, 1.54) is 11.1 Å². The van der Waals surface area contributed by atoms with Gasteiger partial charge in [0, 0.05) is 6.54 Å². The first kappa shape index (κ1) is 11.5. The molecule has 1 N–H and O–H groups in total. The van der Waals surface area contributed by atoms with E-state index in [2.05, 4.69) is 37.9 Å². The van der Waals surface area contributed by atoms with Gasteiger partial charge in [0.1, 0.15) is 6.04 Å². The second kappa shape index (κ2) is 5.33. The number of aryl methyl sites for hydroxylation is 2. The van der Waals surface area contributed by atoms with Crippen molar-refractivity contribution in [2.45, 2.75) is 19.9 Å². The van der Waals surface area contributed by atoms with Crippen LogP contribution < -0.4 is 5.32 Å². The van der Waals surface area contributed by atoms with Crippen LogP contribution in [0.15, 0.2) is 30.9 Å². The molecule has 1 aromatic carbocycles. The molecule has 0 aliphatic heterocycles. The monoisotopic (exact) mass is 200 g/mol. The zero-order chi connectivity index (χ0) is 11.3. The molecule has 0 aliphatic carbocycles. The second-order valence-corrected chi connectivity index (χ2v) is 3.60. The summed E-state index contributed by atoms with van der Waals surface area (Å²) in [7, 11) is 0. The first-order chi connectivity index (χ1) is 7.19. The quantitative estimate of drug-likeness (QED) is 0.758. The van der Waals surface area contributed by atoms with Gasteiger partial charge < -0.3 is 0 Å². The molecule has 1 aromatic rings. The third-order valence-corrected chi connectivity index (χ3v) is 2.46. The summed E-state index contributed by atoms with van der Waals surface area (Å²) in [5.41, 5.74) is 3.48. The Morgan fingerprint density at radius 2 is 2.20 bits per heavy atom. The fourth-order valence-corrected chi connectivity index (χ4v) is 1.38. The molecule has 0 saturated heterocycles. The standard InChI is InChI=1S/C13H16N2/c1-4-7-15-13(9-14)12-6-5-10(2)11(3)8-12/h4-6,8,13,15H,1,7H2,2-3H3. The highest BCUT2D eigenvalue weighted by Gasteiger charge is 2.08. The number of benzene rings is 1. The van der Waals surface area contributed by atoms with Crippen LogP contribution in [0, 0.1) is 25.2 Å². The van der Waals surface area contributed by atoms with Gasteiger partial charge in [0.25, 0.3) is 0 Å². The van der Waals surface area contributed by atoms with Gasteiger partial charge in [-0.15, -0.1) is 6.58 Å². The maximum Gasteiger partial charge on any atom is 0.121 e. The van der Waals surface area contributed by atoms with Crippen molar-refractivity contribution in [2.75, 3.05) is 6.54 Å². The Kier molecular flexibility index (Phi) is 4.08. The van der Waals surface area contributed by atoms with Gasteiger partial charge in [-0.05, 0) is 30.5 Å². The predicted molar refractivity (Wildman–Crippen MR) is 62.5 cm³/mol. The van der Waals surface area contributed by atoms with E-state index in [0.717, 1.165) is 5.56 Å². The van der Waals surface area contributed by atoms with E-state index in [9.17, 15) is 0 Å². The van der Waals surface area contributed by atoms with Gasteiger partial charge in [-0.3, -0.25) is 5.32 Å². The summed E-state index contributed by atoms with van der Waals surface area (Å²) in [4.78, 5) is 0. The predicted octanol–water partition coefficient (Wildman–Crippen LogP) is 2.64. The van der Waals surface area contributed by atoms with Crippen LogP contribution in [0.2, 0.25) is 0 Å². The summed E-state index contributed by atoms with van der Waals surface area (Å²) in [6, 6.07) is 8.09. The molecule has 0 bridgehead atoms. The van der Waals surface area contributed by atoms with Gasteiger partial charge >= 0.3 is 0 Å². The number of hydrogen-bond acceptors (Lipinski definition) is 2. The fourth-order valence-electron chi connectivity index (χ4n) is 1.38. The van der Waals surface area contributed by atoms with Gasteiger partial charge in [-0.25, -0.2) is 0 Å². The van der Waals surface area contributed by atoms with E-state index in [4.69, 9.17) is 5.26 Å². The molecule has 0 saturated carbocycles. The third kappa shape index (κ3) is 2.93. The lowest BCUT2D eigenvalue weighted by molar-refractivity contribution is 0.683. The summed E-state index contributed by atoms with van der Waals surface area (Å²) in [6.07, 6.45) is 1.76. The molecule has 0 amide bonds. The zero-order valence-corrected chi connectivity index (χ0v) is 9.25. The SMILES string of the molecule is C=CCNC(C#N)c1ccc(C)c(C)c1. The number of nitriles is 1. The normalized spacial score (nSPS) is 11.8. The van der Waals surface area contributed by atoms with Crippen LogP contribution in [-0.2, 0) is 0 Å². The van der Waals surface area contributed by atoms with E-state index < -0.39 is 0 Å². The Bertz CT molecular complexity index is 388. The number of hydrogen-bond donors (Lipinski definition) is 1. The average Bonchev–Trinajstić information content (AvgIpc) is 2.24. The molecule has 0 radical (unpaired) electrons. The molecule has 2 heteroatoms. The Balaban J connectivity index is 2.88. The minimum absolute atomic E-state index is 0.248. The largest absolute Gasteiger partial charge is 0.295 e. The van der Waals surface area contributed by atoms with E-state index in [0.29, 0.717) is 6.54 Å². The summed E-state index contributed by atoms with van der Waals surface area (Å²) in [6.45, 7) is 8.39. The third-order valence-electron chi connectivity index (χ3n) is 2.46. The minimum Gasteiger partial charge on any atom is -0.295 e. The van der Waals surface area contributed by atoms with Gasteiger partial charge in [0.2, 0.25) is 0 Å². The first-order valence-electron chi connectivity index (χ1n) is 5.00. The maximum atomic E-state index is 9.02. The fraction of sp³-hybridized carbons (Fsp3) is 0.308. The molecule has 1 atom stereocenters. The van der Waals surface area contributed by atoms with Crippen molar-refractivity contribution in [2.24, 2.45) is 0 Å². The average molecular weight is 200 g/mol. The van der Waals surface area contributed by atoms with Crippen molar-refractivity contribution in [3.63, 3.8) is 0 Å². The molecule has 15 heavy (non-hydrogen) atoms. The highest BCUT2D eigenvalue weighted by atomic mass is 14.9. The molecule has 0 spiro atoms. The van der Waals surface area contributed by atoms with Crippen LogP contribution in [0.1, 0.15) is 22.7 Å². The summed E-state index contributed by atoms with van der Waals surface area (Å²) in [5.74, 6) is 0. The molecule has 0 aromatic heterocycles. The van der Waals surface area contributed by atoms with Gasteiger partial charge in [0.05, 0.1) is 6.07 Å². The number of nitrogens with zero attached hydrogens (tertiary/aromatic N) is 1. The molecular formula is C13H16N2. The minimum atomic E-state index is -0.248. The second-order valence-electron chi connectivity index (χ2n) is 3.60. The lowest BCUT2D eigenvalue weighted by Gasteiger charge is -2.11. The zero-order valence-electron chi connectivity index (χ0n) is 9.25. The molecule has 0 heterocycles. The molecule has 78 valence electrons. The van der Waals surface area contributed by atoms with Crippen molar-refractivity contribution in [1.82, 2.24) is 5.32 Å². The summed E-state index contributed by atoms with van der Waals surface area (Å²) < 4.78 is 0. The van der Waals surface area contributed by atoms with Crippen molar-refractivity contribution in [3.8, 4) is 6.07 Å². The Morgan fingerprint density at radius 1 is 1.47 bits per heavy atom. The van der Waals surface area contributed by atoms with Crippen LogP contribution in [0.5, 0.6) is 0 Å². The van der Waals surface area contributed by atoms with Crippen molar-refractivity contribution >= 4 is 0 Å². The Morgan fingerprint density at radius 3 is 2.73 bits per heavy atom. The maximum absolute atomic E-state index is 9.02. The summed E-state index contributed by atoms with van der Waals surface area (Å²) >= 11 is 0. The molecule has 0 fully saturated rings. The van der Waals surface area contributed by atoms with Crippen molar-refractivity contribution < 1.29 is 0 Å². The van der Waals surface area contributed by atoms with Gasteiger partial charge in [0.15, 0.2) is 0 Å². The van der Waals surface area contributed by atoms with E-state index >= 15 is 0 Å². The molecule has 1 unspecified atom stereocenters. The smallest absolute Gasteiger partial charge is 0.121 e. The highest BCUT2D eigenvalue weighted by Crippen LogP contribution is 2.16. The van der Waals surface area contributed by atoms with Crippen molar-refractivity contribution in [3.05, 3.63) is 47.5 Å². The topological polar surface area (TPSA) is 35.8 Å². The molecule has 1 rings (SSSR count). The van der Waals surface area contributed by atoms with Crippen LogP contribution >= 0.6 is 0 Å². The van der Waals surface area contributed by atoms with E-state index in [1.54, 1.807) is 6.08 Å². The van der Waals surface area contributed by atoms with Gasteiger partial charge in [-0.2, -0.15) is 5.26 Å². The Hall–Kier alpha value is -1.59. The lowest BCUT2D eigenvalue weighted by Crippen LogP contribution is -2.19. The number of nitrogens with one attached hydrogen (secondary N) is 1. The van der Waals surface area contributed by atoms with Crippen LogP contribution in [0.3, 0.4) is 0 Å². The van der Waals surface area contributed by atoms with Crippen LogP contribution in [-0.4, -0.2) is 6.54 Å². The molecule has 0 aliphatic rings. The first-order valence-corrected chi connectivity index (χ1v) is 5.00. The molecule has 2 nitrogen and oxygen atoms in total. The van der Waals surface area contributed by atoms with E-state index in [-0.39, 0.29) is 6.04 Å². The number of rotatable bonds is 4. The lowest BCUT2D eigenvalue weighted by atomic mass is 10.0. The van der Waals surface area contributed by atoms with E-state index in [1.807, 2.05) is 12.1 Å². The van der Waals surface area contributed by atoms with Crippen molar-refractivity contribution in [1.29, 1.82) is 5.26 Å². The Labute approximate surface area is 91.2 Å². The van der Waals surface area contributed by atoms with Crippen LogP contribution in [0.25, 0.3) is 0 Å².